The van der Waals surface area contributed by atoms with Crippen molar-refractivity contribution in [2.75, 3.05) is 6.54 Å². The van der Waals surface area contributed by atoms with Gasteiger partial charge in [0.05, 0.1) is 0 Å². The zero-order chi connectivity index (χ0) is 11.1. The fourth-order valence-electron chi connectivity index (χ4n) is 3.12. The molecule has 0 aromatic carbocycles. The monoisotopic (exact) mass is 209 g/mol. The molecule has 3 atom stereocenters. The van der Waals surface area contributed by atoms with Gasteiger partial charge in [-0.1, -0.05) is 27.2 Å². The molecule has 2 fully saturated rings. The smallest absolute Gasteiger partial charge is 0.225 e. The SMILES string of the molecule is CC(C)(C)C(=O)NCC1CC2CCC1C2. The van der Waals surface area contributed by atoms with E-state index in [1.165, 1.54) is 25.7 Å². The summed E-state index contributed by atoms with van der Waals surface area (Å²) < 4.78 is 0. The maximum Gasteiger partial charge on any atom is 0.225 e. The topological polar surface area (TPSA) is 29.1 Å². The average Bonchev–Trinajstić information content (AvgIpc) is 2.73. The first-order valence-corrected chi connectivity index (χ1v) is 6.25. The molecule has 2 bridgehead atoms. The number of carbonyl (C=O) groups is 1. The fraction of sp³-hybridized carbons (Fsp3) is 0.923. The Kier molecular flexibility index (Phi) is 2.78. The Morgan fingerprint density at radius 1 is 1.27 bits per heavy atom. The number of rotatable bonds is 2. The van der Waals surface area contributed by atoms with E-state index in [4.69, 9.17) is 0 Å². The maximum atomic E-state index is 11.7. The Morgan fingerprint density at radius 3 is 2.47 bits per heavy atom. The van der Waals surface area contributed by atoms with Gasteiger partial charge < -0.3 is 5.32 Å². The van der Waals surface area contributed by atoms with Crippen molar-refractivity contribution in [1.82, 2.24) is 5.32 Å². The molecule has 0 heterocycles. The van der Waals surface area contributed by atoms with Gasteiger partial charge in [0.15, 0.2) is 0 Å². The molecular weight excluding hydrogens is 186 g/mol. The van der Waals surface area contributed by atoms with Crippen LogP contribution in [0.2, 0.25) is 0 Å². The second-order valence-electron chi connectivity index (χ2n) is 6.39. The Bertz CT molecular complexity index is 254. The van der Waals surface area contributed by atoms with Crippen LogP contribution in [0, 0.1) is 23.2 Å². The van der Waals surface area contributed by atoms with E-state index in [2.05, 4.69) is 5.32 Å². The van der Waals surface area contributed by atoms with Gasteiger partial charge in [-0.25, -0.2) is 0 Å². The molecule has 0 aliphatic heterocycles. The molecule has 2 saturated carbocycles. The molecule has 2 rings (SSSR count). The molecule has 0 spiro atoms. The third kappa shape index (κ3) is 2.35. The van der Waals surface area contributed by atoms with Crippen LogP contribution in [0.1, 0.15) is 46.5 Å². The largest absolute Gasteiger partial charge is 0.355 e. The van der Waals surface area contributed by atoms with Crippen molar-refractivity contribution in [2.24, 2.45) is 23.2 Å². The van der Waals surface area contributed by atoms with Gasteiger partial charge in [-0.15, -0.1) is 0 Å². The molecule has 86 valence electrons. The molecule has 3 unspecified atom stereocenters. The third-order valence-corrected chi connectivity index (χ3v) is 4.09. The van der Waals surface area contributed by atoms with Crippen LogP contribution in [0.5, 0.6) is 0 Å². The van der Waals surface area contributed by atoms with Crippen LogP contribution < -0.4 is 5.32 Å². The number of hydrogen-bond acceptors (Lipinski definition) is 1. The van der Waals surface area contributed by atoms with Crippen LogP contribution >= 0.6 is 0 Å². The standard InChI is InChI=1S/C13H23NO/c1-13(2,3)12(15)14-8-11-7-9-4-5-10(11)6-9/h9-11H,4-8H2,1-3H3,(H,14,15). The molecule has 0 aromatic rings. The molecule has 1 N–H and O–H groups in total. The lowest BCUT2D eigenvalue weighted by atomic mass is 9.88. The van der Waals surface area contributed by atoms with Crippen molar-refractivity contribution < 1.29 is 4.79 Å². The van der Waals surface area contributed by atoms with Gasteiger partial charge in [-0.2, -0.15) is 0 Å². The summed E-state index contributed by atoms with van der Waals surface area (Å²) in [6.07, 6.45) is 5.63. The molecule has 0 aromatic heterocycles. The van der Waals surface area contributed by atoms with E-state index >= 15 is 0 Å². The van der Waals surface area contributed by atoms with Gasteiger partial charge in [0, 0.05) is 12.0 Å². The van der Waals surface area contributed by atoms with Crippen LogP contribution in [0.3, 0.4) is 0 Å². The molecular formula is C13H23NO. The summed E-state index contributed by atoms with van der Waals surface area (Å²) in [5.41, 5.74) is -0.238. The van der Waals surface area contributed by atoms with Crippen molar-refractivity contribution in [3.05, 3.63) is 0 Å². The zero-order valence-electron chi connectivity index (χ0n) is 10.2. The van der Waals surface area contributed by atoms with Gasteiger partial charge in [0.1, 0.15) is 0 Å². The lowest BCUT2D eigenvalue weighted by Gasteiger charge is -2.24. The number of fused-ring (bicyclic) bond motifs is 2. The summed E-state index contributed by atoms with van der Waals surface area (Å²) in [5, 5.41) is 3.11. The van der Waals surface area contributed by atoms with E-state index in [0.29, 0.717) is 0 Å². The van der Waals surface area contributed by atoms with Crippen molar-refractivity contribution in [2.45, 2.75) is 46.5 Å². The highest BCUT2D eigenvalue weighted by Crippen LogP contribution is 2.47. The average molecular weight is 209 g/mol. The molecule has 2 aliphatic rings. The number of hydrogen-bond donors (Lipinski definition) is 1. The molecule has 2 nitrogen and oxygen atoms in total. The summed E-state index contributed by atoms with van der Waals surface area (Å²) in [6.45, 7) is 6.84. The van der Waals surface area contributed by atoms with Crippen molar-refractivity contribution >= 4 is 5.91 Å². The normalized spacial score (nSPS) is 34.5. The number of amides is 1. The lowest BCUT2D eigenvalue weighted by molar-refractivity contribution is -0.128. The van der Waals surface area contributed by atoms with Crippen molar-refractivity contribution in [3.8, 4) is 0 Å². The van der Waals surface area contributed by atoms with Crippen LogP contribution in [-0.4, -0.2) is 12.5 Å². The predicted molar refractivity (Wildman–Crippen MR) is 61.4 cm³/mol. The highest BCUT2D eigenvalue weighted by molar-refractivity contribution is 5.81. The van der Waals surface area contributed by atoms with E-state index in [1.807, 2.05) is 20.8 Å². The lowest BCUT2D eigenvalue weighted by Crippen LogP contribution is -2.38. The van der Waals surface area contributed by atoms with E-state index in [9.17, 15) is 4.79 Å². The zero-order valence-corrected chi connectivity index (χ0v) is 10.2. The van der Waals surface area contributed by atoms with Gasteiger partial charge in [0.2, 0.25) is 5.91 Å². The minimum atomic E-state index is -0.238. The van der Waals surface area contributed by atoms with Crippen LogP contribution in [0.4, 0.5) is 0 Å². The summed E-state index contributed by atoms with van der Waals surface area (Å²) >= 11 is 0. The highest BCUT2D eigenvalue weighted by atomic mass is 16.2. The van der Waals surface area contributed by atoms with Crippen molar-refractivity contribution in [1.29, 1.82) is 0 Å². The predicted octanol–water partition coefficient (Wildman–Crippen LogP) is 2.58. The summed E-state index contributed by atoms with van der Waals surface area (Å²) in [6, 6.07) is 0. The first kappa shape index (κ1) is 11.0. The summed E-state index contributed by atoms with van der Waals surface area (Å²) in [4.78, 5) is 11.7. The summed E-state index contributed by atoms with van der Waals surface area (Å²) in [5.74, 6) is 2.86. The molecule has 0 radical (unpaired) electrons. The van der Waals surface area contributed by atoms with E-state index in [-0.39, 0.29) is 11.3 Å². The molecule has 0 saturated heterocycles. The minimum Gasteiger partial charge on any atom is -0.355 e. The Labute approximate surface area is 92.8 Å². The number of nitrogens with one attached hydrogen (secondary N) is 1. The van der Waals surface area contributed by atoms with Gasteiger partial charge in [-0.05, 0) is 37.0 Å². The van der Waals surface area contributed by atoms with E-state index < -0.39 is 0 Å². The summed E-state index contributed by atoms with van der Waals surface area (Å²) in [7, 11) is 0. The van der Waals surface area contributed by atoms with E-state index in [0.717, 1.165) is 24.3 Å². The quantitative estimate of drug-likeness (QED) is 0.744. The molecule has 2 heteroatoms. The first-order chi connectivity index (χ1) is 6.97. The van der Waals surface area contributed by atoms with Gasteiger partial charge in [0.25, 0.3) is 0 Å². The van der Waals surface area contributed by atoms with Crippen LogP contribution in [0.25, 0.3) is 0 Å². The minimum absolute atomic E-state index is 0.199. The Balaban J connectivity index is 1.77. The Hall–Kier alpha value is -0.530. The molecule has 1 amide bonds. The van der Waals surface area contributed by atoms with Gasteiger partial charge in [-0.3, -0.25) is 4.79 Å². The molecule has 15 heavy (non-hydrogen) atoms. The van der Waals surface area contributed by atoms with Crippen LogP contribution in [-0.2, 0) is 4.79 Å². The maximum absolute atomic E-state index is 11.7. The van der Waals surface area contributed by atoms with Gasteiger partial charge >= 0.3 is 0 Å². The second kappa shape index (κ2) is 3.80. The van der Waals surface area contributed by atoms with Crippen molar-refractivity contribution in [3.63, 3.8) is 0 Å². The first-order valence-electron chi connectivity index (χ1n) is 6.25. The second-order valence-corrected chi connectivity index (χ2v) is 6.39. The van der Waals surface area contributed by atoms with Crippen LogP contribution in [0.15, 0.2) is 0 Å². The highest BCUT2D eigenvalue weighted by Gasteiger charge is 2.39. The Morgan fingerprint density at radius 2 is 2.00 bits per heavy atom. The third-order valence-electron chi connectivity index (χ3n) is 4.09. The fourth-order valence-corrected chi connectivity index (χ4v) is 3.12. The van der Waals surface area contributed by atoms with E-state index in [1.54, 1.807) is 0 Å². The number of carbonyl (C=O) groups excluding carboxylic acids is 1. The molecule has 2 aliphatic carbocycles.